The highest BCUT2D eigenvalue weighted by Crippen LogP contribution is 2.51. The maximum Gasteiger partial charge on any atom is 0.314 e. The quantitative estimate of drug-likeness (QED) is 0.904. The Kier molecular flexibility index (Phi) is 2.55. The first-order valence-corrected chi connectivity index (χ1v) is 5.84. The molecule has 4 heteroatoms. The van der Waals surface area contributed by atoms with Crippen LogP contribution in [0.4, 0.5) is 0 Å². The maximum atomic E-state index is 11.2. The molecule has 0 aliphatic heterocycles. The Morgan fingerprint density at radius 1 is 1.53 bits per heavy atom. The molecule has 1 saturated carbocycles. The fourth-order valence-corrected chi connectivity index (χ4v) is 2.68. The van der Waals surface area contributed by atoms with Gasteiger partial charge in [0, 0.05) is 9.50 Å². The van der Waals surface area contributed by atoms with Gasteiger partial charge >= 0.3 is 5.97 Å². The summed E-state index contributed by atoms with van der Waals surface area (Å²) in [7, 11) is 0. The Morgan fingerprint density at radius 3 is 2.60 bits per heavy atom. The molecule has 0 atom stereocenters. The topological polar surface area (TPSA) is 37.3 Å². The van der Waals surface area contributed by atoms with Crippen molar-refractivity contribution in [1.82, 2.24) is 0 Å². The summed E-state index contributed by atoms with van der Waals surface area (Å²) in [5, 5.41) is 9.82. The summed E-state index contributed by atoms with van der Waals surface area (Å²) in [6.45, 7) is 1.87. The number of aliphatic carboxylic acids is 1. The number of carboxylic acid groups (broad SMARTS) is 1. The summed E-state index contributed by atoms with van der Waals surface area (Å²) < 4.78 is 0.834. The Hall–Kier alpha value is -0.540. The summed E-state index contributed by atoms with van der Waals surface area (Å²) in [6, 6.07) is 3.65. The predicted octanol–water partition coefficient (Wildman–Crippen LogP) is 3.53. The number of benzene rings is 1. The number of carbonyl (C=O) groups is 1. The van der Waals surface area contributed by atoms with E-state index >= 15 is 0 Å². The van der Waals surface area contributed by atoms with Crippen LogP contribution in [0, 0.1) is 6.92 Å². The lowest BCUT2D eigenvalue weighted by Gasteiger charge is -2.15. The molecular formula is C11H10BrClO2. The molecule has 80 valence electrons. The van der Waals surface area contributed by atoms with Crippen molar-refractivity contribution in [3.05, 3.63) is 32.8 Å². The second-order valence-electron chi connectivity index (χ2n) is 3.95. The Morgan fingerprint density at radius 2 is 2.13 bits per heavy atom. The lowest BCUT2D eigenvalue weighted by Crippen LogP contribution is -2.20. The minimum atomic E-state index is -0.750. The minimum Gasteiger partial charge on any atom is -0.481 e. The summed E-state index contributed by atoms with van der Waals surface area (Å²) in [6.07, 6.45) is 1.41. The molecule has 0 amide bonds. The van der Waals surface area contributed by atoms with Gasteiger partial charge in [-0.1, -0.05) is 27.5 Å². The lowest BCUT2D eigenvalue weighted by molar-refractivity contribution is -0.140. The molecule has 1 fully saturated rings. The SMILES string of the molecule is Cc1c(Cl)cc(Br)cc1C1(C(=O)O)CC1. The molecule has 15 heavy (non-hydrogen) atoms. The molecule has 0 saturated heterocycles. The van der Waals surface area contributed by atoms with Crippen molar-refractivity contribution in [1.29, 1.82) is 0 Å². The standard InChI is InChI=1S/C11H10BrClO2/c1-6-8(4-7(12)5-9(6)13)11(2-3-11)10(14)15/h4-5H,2-3H2,1H3,(H,14,15). The maximum absolute atomic E-state index is 11.2. The minimum absolute atomic E-state index is 0.618. The molecule has 0 spiro atoms. The highest BCUT2D eigenvalue weighted by molar-refractivity contribution is 9.10. The van der Waals surface area contributed by atoms with Crippen molar-refractivity contribution >= 4 is 33.5 Å². The van der Waals surface area contributed by atoms with Crippen LogP contribution in [0.2, 0.25) is 5.02 Å². The summed E-state index contributed by atoms with van der Waals surface area (Å²) in [4.78, 5) is 11.2. The molecule has 0 aromatic heterocycles. The average Bonchev–Trinajstić information content (AvgIpc) is 2.91. The molecule has 1 aliphatic carbocycles. The van der Waals surface area contributed by atoms with Gasteiger partial charge < -0.3 is 5.11 Å². The molecule has 1 aliphatic rings. The zero-order valence-electron chi connectivity index (χ0n) is 8.18. The van der Waals surface area contributed by atoms with Gasteiger partial charge in [0.25, 0.3) is 0 Å². The average molecular weight is 290 g/mol. The van der Waals surface area contributed by atoms with E-state index in [2.05, 4.69) is 15.9 Å². The van der Waals surface area contributed by atoms with Gasteiger partial charge in [-0.2, -0.15) is 0 Å². The number of halogens is 2. The van der Waals surface area contributed by atoms with Gasteiger partial charge in [-0.05, 0) is 43.0 Å². The molecule has 0 radical (unpaired) electrons. The fraction of sp³-hybridized carbons (Fsp3) is 0.364. The highest BCUT2D eigenvalue weighted by atomic mass is 79.9. The third-order valence-corrected chi connectivity index (χ3v) is 3.83. The van der Waals surface area contributed by atoms with Crippen molar-refractivity contribution in [2.24, 2.45) is 0 Å². The second-order valence-corrected chi connectivity index (χ2v) is 5.27. The first-order valence-electron chi connectivity index (χ1n) is 4.67. The summed E-state index contributed by atoms with van der Waals surface area (Å²) >= 11 is 9.37. The smallest absolute Gasteiger partial charge is 0.314 e. The van der Waals surface area contributed by atoms with Crippen LogP contribution in [0.25, 0.3) is 0 Å². The van der Waals surface area contributed by atoms with E-state index in [1.54, 1.807) is 6.07 Å². The van der Waals surface area contributed by atoms with Crippen molar-refractivity contribution in [2.45, 2.75) is 25.2 Å². The van der Waals surface area contributed by atoms with E-state index in [1.165, 1.54) is 0 Å². The highest BCUT2D eigenvalue weighted by Gasteiger charge is 2.52. The Balaban J connectivity index is 2.58. The molecule has 2 nitrogen and oxygen atoms in total. The fourth-order valence-electron chi connectivity index (χ4n) is 1.87. The molecule has 0 bridgehead atoms. The summed E-state index contributed by atoms with van der Waals surface area (Å²) in [5.74, 6) is -0.750. The van der Waals surface area contributed by atoms with Gasteiger partial charge in [0.15, 0.2) is 0 Å². The van der Waals surface area contributed by atoms with E-state index in [0.717, 1.165) is 15.6 Å². The van der Waals surface area contributed by atoms with Gasteiger partial charge in [-0.25, -0.2) is 0 Å². The van der Waals surface area contributed by atoms with E-state index in [9.17, 15) is 9.90 Å². The van der Waals surface area contributed by atoms with Crippen LogP contribution in [0.15, 0.2) is 16.6 Å². The van der Waals surface area contributed by atoms with E-state index < -0.39 is 11.4 Å². The Labute approximate surface area is 101 Å². The summed E-state index contributed by atoms with van der Waals surface area (Å²) in [5.41, 5.74) is 1.03. The normalized spacial score (nSPS) is 17.5. The molecule has 0 unspecified atom stereocenters. The molecule has 1 N–H and O–H groups in total. The van der Waals surface area contributed by atoms with E-state index in [1.807, 2.05) is 13.0 Å². The predicted molar refractivity (Wildman–Crippen MR) is 62.4 cm³/mol. The van der Waals surface area contributed by atoms with E-state index in [0.29, 0.717) is 17.9 Å². The van der Waals surface area contributed by atoms with Crippen molar-refractivity contribution in [2.75, 3.05) is 0 Å². The molecule has 1 aromatic rings. The van der Waals surface area contributed by atoms with Gasteiger partial charge in [-0.3, -0.25) is 4.79 Å². The number of rotatable bonds is 2. The van der Waals surface area contributed by atoms with Gasteiger partial charge in [0.1, 0.15) is 0 Å². The molecule has 0 heterocycles. The van der Waals surface area contributed by atoms with E-state index in [-0.39, 0.29) is 0 Å². The monoisotopic (exact) mass is 288 g/mol. The molecular weight excluding hydrogens is 279 g/mol. The van der Waals surface area contributed by atoms with Crippen molar-refractivity contribution in [3.8, 4) is 0 Å². The third kappa shape index (κ3) is 1.68. The zero-order chi connectivity index (χ0) is 11.2. The first kappa shape index (κ1) is 11.0. The van der Waals surface area contributed by atoms with Crippen LogP contribution >= 0.6 is 27.5 Å². The third-order valence-electron chi connectivity index (χ3n) is 2.98. The number of hydrogen-bond acceptors (Lipinski definition) is 1. The van der Waals surface area contributed by atoms with Gasteiger partial charge in [0.2, 0.25) is 0 Å². The van der Waals surface area contributed by atoms with Gasteiger partial charge in [-0.15, -0.1) is 0 Å². The van der Waals surface area contributed by atoms with Crippen LogP contribution in [-0.4, -0.2) is 11.1 Å². The van der Waals surface area contributed by atoms with Gasteiger partial charge in [0.05, 0.1) is 5.41 Å². The second kappa shape index (κ2) is 3.49. The van der Waals surface area contributed by atoms with Crippen LogP contribution < -0.4 is 0 Å². The van der Waals surface area contributed by atoms with Crippen molar-refractivity contribution < 1.29 is 9.90 Å². The number of hydrogen-bond donors (Lipinski definition) is 1. The molecule has 2 rings (SSSR count). The van der Waals surface area contributed by atoms with Crippen LogP contribution in [0.3, 0.4) is 0 Å². The largest absolute Gasteiger partial charge is 0.481 e. The lowest BCUT2D eigenvalue weighted by atomic mass is 9.92. The zero-order valence-corrected chi connectivity index (χ0v) is 10.5. The van der Waals surface area contributed by atoms with Crippen LogP contribution in [0.1, 0.15) is 24.0 Å². The van der Waals surface area contributed by atoms with Crippen LogP contribution in [-0.2, 0) is 10.2 Å². The first-order chi connectivity index (χ1) is 6.97. The van der Waals surface area contributed by atoms with Crippen molar-refractivity contribution in [3.63, 3.8) is 0 Å². The van der Waals surface area contributed by atoms with Crippen LogP contribution in [0.5, 0.6) is 0 Å². The number of carboxylic acids is 1. The Bertz CT molecular complexity index is 438. The molecule has 1 aromatic carbocycles. The van der Waals surface area contributed by atoms with E-state index in [4.69, 9.17) is 11.6 Å².